The van der Waals surface area contributed by atoms with Gasteiger partial charge < -0.3 is 30.1 Å². The lowest BCUT2D eigenvalue weighted by molar-refractivity contribution is -0.166. The van der Waals surface area contributed by atoms with Crippen LogP contribution < -0.4 is 15.4 Å². The van der Waals surface area contributed by atoms with Gasteiger partial charge in [-0.25, -0.2) is 0 Å². The smallest absolute Gasteiger partial charge is 0.251 e. The van der Waals surface area contributed by atoms with E-state index in [2.05, 4.69) is 36.3 Å². The molecule has 3 heterocycles. The number of likely N-dealkylation sites (tertiary alicyclic amines) is 1. The van der Waals surface area contributed by atoms with Crippen molar-refractivity contribution in [1.82, 2.24) is 20.4 Å². The maximum atomic E-state index is 13.8. The fourth-order valence-corrected chi connectivity index (χ4v) is 6.75. The maximum absolute atomic E-state index is 13.8. The summed E-state index contributed by atoms with van der Waals surface area (Å²) in [5.74, 6) is 1.32. The van der Waals surface area contributed by atoms with Crippen molar-refractivity contribution in [3.8, 4) is 11.5 Å². The summed E-state index contributed by atoms with van der Waals surface area (Å²) in [6, 6.07) is 14.2. The summed E-state index contributed by atoms with van der Waals surface area (Å²) >= 11 is 0. The second-order valence-corrected chi connectivity index (χ2v) is 13.4. The molecule has 1 spiro atoms. The number of carbonyl (C=O) groups excluding carboxylic acids is 3. The van der Waals surface area contributed by atoms with Gasteiger partial charge in [0, 0.05) is 51.5 Å². The van der Waals surface area contributed by atoms with Gasteiger partial charge in [0.15, 0.2) is 0 Å². The molecule has 0 bridgehead atoms. The number of nitrogens with zero attached hydrogens (tertiary/aromatic N) is 2. The van der Waals surface area contributed by atoms with E-state index in [9.17, 15) is 19.5 Å². The quantitative estimate of drug-likeness (QED) is 0.322. The second-order valence-electron chi connectivity index (χ2n) is 13.4. The number of hydrogen-bond donors (Lipinski definition) is 3. The average molecular weight is 635 g/mol. The first-order valence-electron chi connectivity index (χ1n) is 17.0. The van der Waals surface area contributed by atoms with E-state index in [1.165, 1.54) is 0 Å². The van der Waals surface area contributed by atoms with Gasteiger partial charge in [0.05, 0.1) is 6.10 Å². The summed E-state index contributed by atoms with van der Waals surface area (Å²) in [5, 5.41) is 17.0. The predicted octanol–water partition coefficient (Wildman–Crippen LogP) is 4.11. The molecule has 3 fully saturated rings. The highest BCUT2D eigenvalue weighted by atomic mass is 16.5. The van der Waals surface area contributed by atoms with Crippen molar-refractivity contribution in [3.63, 3.8) is 0 Å². The Morgan fingerprint density at radius 1 is 1.04 bits per heavy atom. The predicted molar refractivity (Wildman–Crippen MR) is 175 cm³/mol. The first-order valence-corrected chi connectivity index (χ1v) is 17.0. The molecule has 0 aromatic heterocycles. The van der Waals surface area contributed by atoms with Gasteiger partial charge in [0.25, 0.3) is 5.91 Å². The Morgan fingerprint density at radius 2 is 1.67 bits per heavy atom. The lowest BCUT2D eigenvalue weighted by Crippen LogP contribution is -2.75. The van der Waals surface area contributed by atoms with E-state index in [0.717, 1.165) is 24.9 Å². The molecule has 2 aromatic carbocycles. The molecule has 3 N–H and O–H groups in total. The van der Waals surface area contributed by atoms with Gasteiger partial charge in [0.2, 0.25) is 11.8 Å². The van der Waals surface area contributed by atoms with Crippen molar-refractivity contribution in [2.24, 2.45) is 11.8 Å². The van der Waals surface area contributed by atoms with E-state index in [0.29, 0.717) is 88.1 Å². The molecule has 0 saturated carbocycles. The second kappa shape index (κ2) is 15.4. The summed E-state index contributed by atoms with van der Waals surface area (Å²) in [5.41, 5.74) is 0.853. The number of nitrogens with one attached hydrogen (secondary N) is 2. The molecular weight excluding hydrogens is 584 g/mol. The molecule has 46 heavy (non-hydrogen) atoms. The number of ether oxygens (including phenoxy) is 2. The Kier molecular flexibility index (Phi) is 11.4. The van der Waals surface area contributed by atoms with Crippen LogP contribution in [-0.2, 0) is 20.9 Å². The van der Waals surface area contributed by atoms with Gasteiger partial charge in [-0.05, 0) is 85.9 Å². The van der Waals surface area contributed by atoms with Crippen LogP contribution in [0, 0.1) is 11.8 Å². The van der Waals surface area contributed by atoms with Crippen molar-refractivity contribution < 1.29 is 29.0 Å². The van der Waals surface area contributed by atoms with Crippen molar-refractivity contribution >= 4 is 17.7 Å². The van der Waals surface area contributed by atoms with Crippen molar-refractivity contribution in [2.45, 2.75) is 83.5 Å². The molecule has 10 heteroatoms. The highest BCUT2D eigenvalue weighted by Gasteiger charge is 2.55. The third kappa shape index (κ3) is 7.90. The van der Waals surface area contributed by atoms with Gasteiger partial charge in [-0.1, -0.05) is 39.3 Å². The highest BCUT2D eigenvalue weighted by Crippen LogP contribution is 2.36. The number of amides is 3. The van der Waals surface area contributed by atoms with Gasteiger partial charge in [-0.3, -0.25) is 19.3 Å². The largest absolute Gasteiger partial charge is 0.457 e. The summed E-state index contributed by atoms with van der Waals surface area (Å²) in [7, 11) is 0. The number of piperazine rings is 1. The van der Waals surface area contributed by atoms with E-state index >= 15 is 0 Å². The molecule has 10 nitrogen and oxygen atoms in total. The van der Waals surface area contributed by atoms with Crippen LogP contribution in [0.15, 0.2) is 48.5 Å². The molecule has 0 aliphatic carbocycles. The van der Waals surface area contributed by atoms with Gasteiger partial charge in [-0.15, -0.1) is 0 Å². The van der Waals surface area contributed by atoms with Gasteiger partial charge in [0.1, 0.15) is 23.1 Å². The summed E-state index contributed by atoms with van der Waals surface area (Å²) < 4.78 is 11.4. The zero-order valence-corrected chi connectivity index (χ0v) is 27.5. The Bertz CT molecular complexity index is 1320. The van der Waals surface area contributed by atoms with Crippen molar-refractivity contribution in [1.29, 1.82) is 0 Å². The molecule has 3 amide bonds. The zero-order valence-electron chi connectivity index (χ0n) is 27.5. The molecule has 2 aromatic rings. The number of rotatable bonds is 12. The number of benzene rings is 2. The first-order chi connectivity index (χ1) is 22.2. The minimum absolute atomic E-state index is 0.0584. The monoisotopic (exact) mass is 634 g/mol. The van der Waals surface area contributed by atoms with Crippen LogP contribution in [-0.4, -0.2) is 89.7 Å². The average Bonchev–Trinajstić information content (AvgIpc) is 3.07. The number of piperidine rings is 1. The van der Waals surface area contributed by atoms with E-state index in [4.69, 9.17) is 9.47 Å². The highest BCUT2D eigenvalue weighted by molar-refractivity contribution is 6.00. The molecular formula is C36H50N4O6. The SMILES string of the molecule is CCCCN1C(=O)[C@@H]([C@H](O)C2CCOCC2)NC(=O)C12CCN(Cc1ccc(Oc3ccc(C(=O)NCC(C)C)cc3)cc1)CC2. The first kappa shape index (κ1) is 33.9. The molecule has 0 unspecified atom stereocenters. The fraction of sp³-hybridized carbons (Fsp3) is 0.583. The molecule has 3 aliphatic heterocycles. The van der Waals surface area contributed by atoms with Crippen molar-refractivity contribution in [3.05, 3.63) is 59.7 Å². The number of hydrogen-bond acceptors (Lipinski definition) is 7. The third-order valence-corrected chi connectivity index (χ3v) is 9.62. The normalized spacial score (nSPS) is 21.3. The van der Waals surface area contributed by atoms with Crippen LogP contribution in [0.4, 0.5) is 0 Å². The molecule has 2 atom stereocenters. The van der Waals surface area contributed by atoms with E-state index < -0.39 is 17.7 Å². The Morgan fingerprint density at radius 3 is 2.28 bits per heavy atom. The molecule has 250 valence electrons. The Labute approximate surface area is 272 Å². The molecule has 0 radical (unpaired) electrons. The summed E-state index contributed by atoms with van der Waals surface area (Å²) in [6.45, 7) is 10.6. The minimum Gasteiger partial charge on any atom is -0.457 e. The topological polar surface area (TPSA) is 120 Å². The van der Waals surface area contributed by atoms with Crippen LogP contribution in [0.5, 0.6) is 11.5 Å². The van der Waals surface area contributed by atoms with E-state index in [1.54, 1.807) is 29.2 Å². The van der Waals surface area contributed by atoms with Gasteiger partial charge in [-0.2, -0.15) is 0 Å². The Hall–Kier alpha value is -3.47. The van der Waals surface area contributed by atoms with Gasteiger partial charge >= 0.3 is 0 Å². The lowest BCUT2D eigenvalue weighted by Gasteiger charge is -2.52. The summed E-state index contributed by atoms with van der Waals surface area (Å²) in [6.07, 6.45) is 3.32. The summed E-state index contributed by atoms with van der Waals surface area (Å²) in [4.78, 5) is 44.0. The fourth-order valence-electron chi connectivity index (χ4n) is 6.75. The van der Waals surface area contributed by atoms with Crippen LogP contribution >= 0.6 is 0 Å². The van der Waals surface area contributed by atoms with Crippen molar-refractivity contribution in [2.75, 3.05) is 39.4 Å². The maximum Gasteiger partial charge on any atom is 0.251 e. The minimum atomic E-state index is -0.908. The standard InChI is InChI=1S/C36H50N4O6/c1-4-5-18-40-34(43)31(32(41)27-14-21-45-22-15-27)38-35(44)36(40)16-19-39(20-17-36)24-26-6-10-29(11-7-26)46-30-12-8-28(9-13-30)33(42)37-23-25(2)3/h6-13,25,27,31-32,41H,4-5,14-24H2,1-3H3,(H,37,42)(H,38,44)/t31-,32-/m1/s1. The number of aliphatic hydroxyl groups excluding tert-OH is 1. The van der Waals surface area contributed by atoms with E-state index in [-0.39, 0.29) is 23.6 Å². The van der Waals surface area contributed by atoms with E-state index in [1.807, 2.05) is 24.3 Å². The Balaban J connectivity index is 1.16. The molecule has 3 aliphatic rings. The van der Waals surface area contributed by atoms with Crippen LogP contribution in [0.25, 0.3) is 0 Å². The van der Waals surface area contributed by atoms with Crippen LogP contribution in [0.2, 0.25) is 0 Å². The third-order valence-electron chi connectivity index (χ3n) is 9.62. The zero-order chi connectivity index (χ0) is 32.7. The lowest BCUT2D eigenvalue weighted by atomic mass is 9.79. The molecule has 5 rings (SSSR count). The number of carbonyl (C=O) groups is 3. The van der Waals surface area contributed by atoms with Crippen LogP contribution in [0.3, 0.4) is 0 Å². The number of unbranched alkanes of at least 4 members (excludes halogenated alkanes) is 1. The van der Waals surface area contributed by atoms with Crippen LogP contribution in [0.1, 0.15) is 75.2 Å². The number of aliphatic hydroxyl groups is 1. The molecule has 3 saturated heterocycles.